The summed E-state index contributed by atoms with van der Waals surface area (Å²) in [5, 5.41) is 3.00. The van der Waals surface area contributed by atoms with Crippen LogP contribution in [-0.4, -0.2) is 50.4 Å². The normalized spacial score (nSPS) is 12.7. The second-order valence-corrected chi connectivity index (χ2v) is 11.8. The van der Waals surface area contributed by atoms with Gasteiger partial charge in [0, 0.05) is 12.6 Å². The lowest BCUT2D eigenvalue weighted by atomic mass is 10.1. The van der Waals surface area contributed by atoms with Crippen molar-refractivity contribution < 1.29 is 22.7 Å². The molecule has 0 spiro atoms. The summed E-state index contributed by atoms with van der Waals surface area (Å²) in [5.41, 5.74) is 2.10. The first-order chi connectivity index (χ1) is 19.6. The van der Waals surface area contributed by atoms with Crippen molar-refractivity contribution in [2.75, 3.05) is 17.5 Å². The number of rotatable bonds is 14. The number of ether oxygens (including phenoxy) is 1. The van der Waals surface area contributed by atoms with Crippen LogP contribution < -0.4 is 14.4 Å². The number of carbonyl (C=O) groups excluding carboxylic acids is 2. The van der Waals surface area contributed by atoms with Crippen LogP contribution in [0.2, 0.25) is 0 Å². The molecule has 9 heteroatoms. The van der Waals surface area contributed by atoms with Crippen molar-refractivity contribution >= 4 is 27.5 Å². The molecule has 3 aromatic carbocycles. The van der Waals surface area contributed by atoms with E-state index >= 15 is 0 Å². The lowest BCUT2D eigenvalue weighted by molar-refractivity contribution is -0.140. The summed E-state index contributed by atoms with van der Waals surface area (Å²) in [6.45, 7) is 9.46. The minimum Gasteiger partial charge on any atom is -0.492 e. The maximum absolute atomic E-state index is 14.2. The number of anilines is 1. The molecule has 0 unspecified atom stereocenters. The molecule has 3 aromatic rings. The molecule has 0 bridgehead atoms. The Kier molecular flexibility index (Phi) is 11.3. The number of nitrogens with one attached hydrogen (secondary N) is 1. The predicted octanol–water partition coefficient (Wildman–Crippen LogP) is 5.31. The quantitative estimate of drug-likeness (QED) is 0.279. The second-order valence-electron chi connectivity index (χ2n) is 9.92. The summed E-state index contributed by atoms with van der Waals surface area (Å²) in [6, 6.07) is 21.5. The molecule has 2 atom stereocenters. The van der Waals surface area contributed by atoms with Crippen molar-refractivity contribution in [1.29, 1.82) is 0 Å². The van der Waals surface area contributed by atoms with Gasteiger partial charge in [0.05, 0.1) is 17.2 Å². The van der Waals surface area contributed by atoms with E-state index in [0.717, 1.165) is 21.9 Å². The van der Waals surface area contributed by atoms with E-state index in [-0.39, 0.29) is 29.1 Å². The molecule has 0 heterocycles. The first-order valence-electron chi connectivity index (χ1n) is 14.1. The van der Waals surface area contributed by atoms with Crippen molar-refractivity contribution in [1.82, 2.24) is 10.2 Å². The predicted molar refractivity (Wildman–Crippen MR) is 162 cm³/mol. The first kappa shape index (κ1) is 31.7. The van der Waals surface area contributed by atoms with Gasteiger partial charge in [-0.05, 0) is 69.0 Å². The van der Waals surface area contributed by atoms with E-state index in [2.05, 4.69) is 5.32 Å². The number of amides is 2. The first-order valence-corrected chi connectivity index (χ1v) is 15.5. The van der Waals surface area contributed by atoms with Gasteiger partial charge in [0.15, 0.2) is 0 Å². The Morgan fingerprint density at radius 1 is 0.878 bits per heavy atom. The highest BCUT2D eigenvalue weighted by molar-refractivity contribution is 7.92. The molecular weight excluding hydrogens is 538 g/mol. The molecule has 0 aromatic heterocycles. The Labute approximate surface area is 244 Å². The summed E-state index contributed by atoms with van der Waals surface area (Å²) >= 11 is 0. The van der Waals surface area contributed by atoms with E-state index in [1.165, 1.54) is 17.0 Å². The highest BCUT2D eigenvalue weighted by Gasteiger charge is 2.35. The Hall–Kier alpha value is -3.85. The number of aryl methyl sites for hydroxylation is 1. The van der Waals surface area contributed by atoms with Crippen LogP contribution in [0.5, 0.6) is 5.75 Å². The number of hydrogen-bond donors (Lipinski definition) is 1. The highest BCUT2D eigenvalue weighted by atomic mass is 32.2. The third kappa shape index (κ3) is 7.88. The Balaban J connectivity index is 2.11. The fourth-order valence-corrected chi connectivity index (χ4v) is 5.95. The summed E-state index contributed by atoms with van der Waals surface area (Å²) in [7, 11) is -4.17. The minimum atomic E-state index is -4.17. The van der Waals surface area contributed by atoms with Gasteiger partial charge < -0.3 is 15.0 Å². The molecule has 0 saturated carbocycles. The molecular formula is C32H41N3O5S. The zero-order valence-electron chi connectivity index (χ0n) is 24.5. The molecule has 1 N–H and O–H groups in total. The van der Waals surface area contributed by atoms with Crippen LogP contribution in [0.1, 0.15) is 51.7 Å². The molecule has 41 heavy (non-hydrogen) atoms. The van der Waals surface area contributed by atoms with Gasteiger partial charge in [-0.2, -0.15) is 0 Å². The zero-order chi connectivity index (χ0) is 30.0. The van der Waals surface area contributed by atoms with Gasteiger partial charge in [0.25, 0.3) is 10.0 Å². The highest BCUT2D eigenvalue weighted by Crippen LogP contribution is 2.33. The molecule has 0 aliphatic heterocycles. The summed E-state index contributed by atoms with van der Waals surface area (Å²) in [6.07, 6.45) is 1.10. The molecule has 2 amide bonds. The SMILES string of the molecule is CCOc1ccccc1N(CC(=O)N(Cc1ccccc1C)[C@H](CC)C(=O)N[C@H](C)CC)S(=O)(=O)c1ccccc1. The van der Waals surface area contributed by atoms with E-state index in [1.807, 2.05) is 58.9 Å². The van der Waals surface area contributed by atoms with Crippen molar-refractivity contribution in [3.05, 3.63) is 90.0 Å². The van der Waals surface area contributed by atoms with Gasteiger partial charge >= 0.3 is 0 Å². The van der Waals surface area contributed by atoms with Crippen LogP contribution >= 0.6 is 0 Å². The average Bonchev–Trinajstić information content (AvgIpc) is 2.97. The Morgan fingerprint density at radius 3 is 2.15 bits per heavy atom. The molecule has 0 aliphatic rings. The number of benzene rings is 3. The molecule has 0 saturated heterocycles. The average molecular weight is 580 g/mol. The Morgan fingerprint density at radius 2 is 1.51 bits per heavy atom. The van der Waals surface area contributed by atoms with Crippen molar-refractivity contribution in [3.8, 4) is 5.75 Å². The molecule has 3 rings (SSSR count). The summed E-state index contributed by atoms with van der Waals surface area (Å²) in [4.78, 5) is 29.2. The van der Waals surface area contributed by atoms with E-state index in [0.29, 0.717) is 18.8 Å². The van der Waals surface area contributed by atoms with E-state index in [4.69, 9.17) is 4.74 Å². The van der Waals surface area contributed by atoms with Crippen molar-refractivity contribution in [3.63, 3.8) is 0 Å². The number of sulfonamides is 1. The van der Waals surface area contributed by atoms with E-state index in [9.17, 15) is 18.0 Å². The van der Waals surface area contributed by atoms with Gasteiger partial charge in [0.2, 0.25) is 11.8 Å². The lowest BCUT2D eigenvalue weighted by Gasteiger charge is -2.34. The van der Waals surface area contributed by atoms with Gasteiger partial charge in [-0.25, -0.2) is 8.42 Å². The number of nitrogens with zero attached hydrogens (tertiary/aromatic N) is 2. The van der Waals surface area contributed by atoms with Crippen LogP contribution in [0.4, 0.5) is 5.69 Å². The van der Waals surface area contributed by atoms with Gasteiger partial charge in [-0.3, -0.25) is 13.9 Å². The maximum Gasteiger partial charge on any atom is 0.264 e. The van der Waals surface area contributed by atoms with Crippen molar-refractivity contribution in [2.45, 2.75) is 71.0 Å². The van der Waals surface area contributed by atoms with Gasteiger partial charge in [-0.15, -0.1) is 0 Å². The summed E-state index contributed by atoms with van der Waals surface area (Å²) in [5.74, 6) is -0.421. The monoisotopic (exact) mass is 579 g/mol. The lowest BCUT2D eigenvalue weighted by Crippen LogP contribution is -2.53. The van der Waals surface area contributed by atoms with Gasteiger partial charge in [-0.1, -0.05) is 68.4 Å². The minimum absolute atomic E-state index is 0.0473. The zero-order valence-corrected chi connectivity index (χ0v) is 25.4. The number of hydrogen-bond acceptors (Lipinski definition) is 5. The summed E-state index contributed by atoms with van der Waals surface area (Å²) < 4.78 is 34.9. The third-order valence-electron chi connectivity index (χ3n) is 7.03. The molecule has 220 valence electrons. The van der Waals surface area contributed by atoms with Crippen LogP contribution in [-0.2, 0) is 26.2 Å². The van der Waals surface area contributed by atoms with Crippen LogP contribution in [0.25, 0.3) is 0 Å². The topological polar surface area (TPSA) is 96.0 Å². The number of para-hydroxylation sites is 2. The largest absolute Gasteiger partial charge is 0.492 e. The maximum atomic E-state index is 14.2. The molecule has 0 fully saturated rings. The van der Waals surface area contributed by atoms with E-state index < -0.39 is 28.5 Å². The van der Waals surface area contributed by atoms with E-state index in [1.54, 1.807) is 42.5 Å². The van der Waals surface area contributed by atoms with Gasteiger partial charge in [0.1, 0.15) is 18.3 Å². The number of carbonyl (C=O) groups is 2. The Bertz CT molecular complexity index is 1410. The third-order valence-corrected chi connectivity index (χ3v) is 8.81. The molecule has 0 radical (unpaired) electrons. The van der Waals surface area contributed by atoms with Crippen LogP contribution in [0.3, 0.4) is 0 Å². The smallest absolute Gasteiger partial charge is 0.264 e. The molecule has 8 nitrogen and oxygen atoms in total. The second kappa shape index (κ2) is 14.7. The van der Waals surface area contributed by atoms with Crippen LogP contribution in [0.15, 0.2) is 83.8 Å². The molecule has 0 aliphatic carbocycles. The fraction of sp³-hybridized carbons (Fsp3) is 0.375. The standard InChI is InChI=1S/C32H41N3O5S/c1-6-25(5)33-32(37)28(7-2)34(22-26-17-13-12-16-24(26)4)31(36)23-35(29-20-14-15-21-30(29)40-8-3)41(38,39)27-18-10-9-11-19-27/h9-21,25,28H,6-8,22-23H2,1-5H3,(H,33,37)/t25-,28-/m1/s1. The van der Waals surface area contributed by atoms with Crippen molar-refractivity contribution in [2.24, 2.45) is 0 Å². The fourth-order valence-electron chi connectivity index (χ4n) is 4.51. The van der Waals surface area contributed by atoms with Crippen LogP contribution in [0, 0.1) is 6.92 Å².